The number of aromatic nitrogens is 3. The molecule has 1 fully saturated rings. The normalized spacial score (nSPS) is 19.3. The van der Waals surface area contributed by atoms with E-state index in [4.69, 9.17) is 9.47 Å². The zero-order chi connectivity index (χ0) is 21.9. The van der Waals surface area contributed by atoms with Gasteiger partial charge in [-0.25, -0.2) is 13.9 Å². The first-order valence-corrected chi connectivity index (χ1v) is 9.82. The number of nitriles is 1. The second-order valence-electron chi connectivity index (χ2n) is 8.25. The minimum absolute atomic E-state index is 0.106. The lowest BCUT2D eigenvalue weighted by Gasteiger charge is -2.35. The summed E-state index contributed by atoms with van der Waals surface area (Å²) >= 11 is 0. The number of alkyl halides is 1. The summed E-state index contributed by atoms with van der Waals surface area (Å²) in [7, 11) is 0. The van der Waals surface area contributed by atoms with Crippen LogP contribution in [0.15, 0.2) is 24.5 Å². The third kappa shape index (κ3) is 4.87. The topological polar surface area (TPSA) is 93.3 Å². The van der Waals surface area contributed by atoms with Gasteiger partial charge >= 0.3 is 6.09 Å². The van der Waals surface area contributed by atoms with E-state index in [0.29, 0.717) is 24.3 Å². The molecule has 3 heterocycles. The first-order chi connectivity index (χ1) is 14.2. The minimum Gasteiger partial charge on any atom is -0.487 e. The smallest absolute Gasteiger partial charge is 0.410 e. The minimum atomic E-state index is -1.37. The van der Waals surface area contributed by atoms with Crippen molar-refractivity contribution in [2.45, 2.75) is 58.5 Å². The molecule has 0 bridgehead atoms. The summed E-state index contributed by atoms with van der Waals surface area (Å²) in [6, 6.07) is 5.04. The number of hydrogen-bond donors (Lipinski definition) is 0. The van der Waals surface area contributed by atoms with E-state index in [1.807, 2.05) is 6.92 Å². The first kappa shape index (κ1) is 21.6. The Morgan fingerprint density at radius 1 is 1.43 bits per heavy atom. The molecule has 2 aromatic heterocycles. The van der Waals surface area contributed by atoms with E-state index in [2.05, 4.69) is 16.2 Å². The maximum Gasteiger partial charge on any atom is 0.410 e. The Bertz CT molecular complexity index is 947. The van der Waals surface area contributed by atoms with E-state index in [0.717, 1.165) is 5.69 Å². The van der Waals surface area contributed by atoms with Gasteiger partial charge in [0.25, 0.3) is 0 Å². The van der Waals surface area contributed by atoms with Crippen molar-refractivity contribution < 1.29 is 18.7 Å². The van der Waals surface area contributed by atoms with Gasteiger partial charge in [0, 0.05) is 18.3 Å². The predicted molar refractivity (Wildman–Crippen MR) is 107 cm³/mol. The summed E-state index contributed by atoms with van der Waals surface area (Å²) in [5.41, 5.74) is 0.927. The van der Waals surface area contributed by atoms with Gasteiger partial charge in [0.05, 0.1) is 24.5 Å². The van der Waals surface area contributed by atoms with Crippen molar-refractivity contribution >= 4 is 6.09 Å². The van der Waals surface area contributed by atoms with Gasteiger partial charge in [-0.1, -0.05) is 0 Å². The summed E-state index contributed by atoms with van der Waals surface area (Å²) in [6.45, 7) is 7.48. The third-order valence-electron chi connectivity index (χ3n) is 4.79. The molecule has 160 valence electrons. The fraction of sp³-hybridized carbons (Fsp3) is 0.524. The van der Waals surface area contributed by atoms with Crippen molar-refractivity contribution in [3.63, 3.8) is 0 Å². The van der Waals surface area contributed by atoms with Crippen LogP contribution in [0.4, 0.5) is 9.18 Å². The molecule has 1 saturated heterocycles. The molecule has 3 rings (SSSR count). The van der Waals surface area contributed by atoms with Crippen LogP contribution in [0.3, 0.4) is 0 Å². The number of carbonyl (C=O) groups is 1. The Kier molecular flexibility index (Phi) is 6.25. The maximum absolute atomic E-state index is 14.9. The van der Waals surface area contributed by atoms with Gasteiger partial charge in [-0.05, 0) is 46.2 Å². The van der Waals surface area contributed by atoms with E-state index < -0.39 is 23.9 Å². The van der Waals surface area contributed by atoms with Crippen molar-refractivity contribution in [1.82, 2.24) is 19.7 Å². The number of nitrogens with zero attached hydrogens (tertiary/aromatic N) is 5. The Balaban J connectivity index is 1.69. The van der Waals surface area contributed by atoms with Gasteiger partial charge in [-0.2, -0.15) is 10.4 Å². The number of pyridine rings is 1. The van der Waals surface area contributed by atoms with Gasteiger partial charge in [-0.3, -0.25) is 4.98 Å². The molecule has 30 heavy (non-hydrogen) atoms. The van der Waals surface area contributed by atoms with Crippen LogP contribution in [0.2, 0.25) is 0 Å². The lowest BCUT2D eigenvalue weighted by molar-refractivity contribution is 0.00568. The van der Waals surface area contributed by atoms with Crippen LogP contribution >= 0.6 is 0 Å². The van der Waals surface area contributed by atoms with Crippen LogP contribution in [-0.4, -0.2) is 50.6 Å². The second kappa shape index (κ2) is 8.69. The molecule has 0 spiro atoms. The highest BCUT2D eigenvalue weighted by Crippen LogP contribution is 2.28. The number of piperidine rings is 1. The molecule has 0 radical (unpaired) electrons. The highest BCUT2D eigenvalue weighted by atomic mass is 19.1. The van der Waals surface area contributed by atoms with Gasteiger partial charge < -0.3 is 14.4 Å². The van der Waals surface area contributed by atoms with E-state index in [-0.39, 0.29) is 18.8 Å². The second-order valence-corrected chi connectivity index (χ2v) is 8.25. The summed E-state index contributed by atoms with van der Waals surface area (Å²) in [6.07, 6.45) is 1.63. The van der Waals surface area contributed by atoms with E-state index in [1.54, 1.807) is 39.1 Å². The molecule has 0 saturated carbocycles. The molecule has 0 unspecified atom stereocenters. The Morgan fingerprint density at radius 2 is 2.20 bits per heavy atom. The number of likely N-dealkylation sites (tertiary alicyclic amines) is 1. The molecule has 8 nitrogen and oxygen atoms in total. The van der Waals surface area contributed by atoms with Crippen molar-refractivity contribution in [3.05, 3.63) is 41.5 Å². The average molecular weight is 415 g/mol. The zero-order valence-corrected chi connectivity index (χ0v) is 17.6. The molecule has 1 aliphatic heterocycles. The van der Waals surface area contributed by atoms with Gasteiger partial charge in [0.15, 0.2) is 0 Å². The average Bonchev–Trinajstić information content (AvgIpc) is 3.08. The van der Waals surface area contributed by atoms with Crippen molar-refractivity contribution in [1.29, 1.82) is 5.26 Å². The molecular formula is C21H26FN5O3. The molecule has 9 heteroatoms. The SMILES string of the molecule is Cc1ncccc1OCc1cnn([C@@H]2CCN(C(=O)OC(C)(C)C)C[C@@H]2F)c1C#N. The fourth-order valence-electron chi connectivity index (χ4n) is 3.32. The van der Waals surface area contributed by atoms with E-state index >= 15 is 0 Å². The van der Waals surface area contributed by atoms with Crippen LogP contribution in [0, 0.1) is 18.3 Å². The highest BCUT2D eigenvalue weighted by Gasteiger charge is 2.36. The van der Waals surface area contributed by atoms with E-state index in [9.17, 15) is 14.4 Å². The Morgan fingerprint density at radius 3 is 2.83 bits per heavy atom. The quantitative estimate of drug-likeness (QED) is 0.758. The molecule has 0 N–H and O–H groups in total. The fourth-order valence-corrected chi connectivity index (χ4v) is 3.32. The number of rotatable bonds is 4. The van der Waals surface area contributed by atoms with Crippen molar-refractivity contribution in [2.24, 2.45) is 0 Å². The van der Waals surface area contributed by atoms with Gasteiger partial charge in [0.1, 0.15) is 35.9 Å². The van der Waals surface area contributed by atoms with Crippen molar-refractivity contribution in [2.75, 3.05) is 13.1 Å². The summed E-state index contributed by atoms with van der Waals surface area (Å²) in [5.74, 6) is 0.614. The standard InChI is InChI=1S/C21H26FN5O3/c1-14-19(6-5-8-24-14)29-13-15-11-25-27(18(15)10-23)17-7-9-26(12-16(17)22)20(28)30-21(2,3)4/h5-6,8,11,16-17H,7,9,12-13H2,1-4H3/t16-,17+/m0/s1. The number of amides is 1. The monoisotopic (exact) mass is 415 g/mol. The molecule has 0 aliphatic carbocycles. The van der Waals surface area contributed by atoms with Crippen LogP contribution in [0.5, 0.6) is 5.75 Å². The molecule has 2 atom stereocenters. The molecule has 2 aromatic rings. The number of halogens is 1. The van der Waals surface area contributed by atoms with Crippen LogP contribution in [0.1, 0.15) is 50.2 Å². The Labute approximate surface area is 175 Å². The Hall–Kier alpha value is -3.15. The molecular weight excluding hydrogens is 389 g/mol. The van der Waals surface area contributed by atoms with E-state index in [1.165, 1.54) is 15.8 Å². The van der Waals surface area contributed by atoms with Crippen LogP contribution in [-0.2, 0) is 11.3 Å². The highest BCUT2D eigenvalue weighted by molar-refractivity contribution is 5.68. The number of ether oxygens (including phenoxy) is 2. The number of hydrogen-bond acceptors (Lipinski definition) is 6. The summed E-state index contributed by atoms with van der Waals surface area (Å²) < 4.78 is 27.4. The lowest BCUT2D eigenvalue weighted by atomic mass is 10.0. The van der Waals surface area contributed by atoms with Gasteiger partial charge in [0.2, 0.25) is 0 Å². The lowest BCUT2D eigenvalue weighted by Crippen LogP contribution is -2.47. The predicted octanol–water partition coefficient (Wildman–Crippen LogP) is 3.56. The largest absolute Gasteiger partial charge is 0.487 e. The molecule has 1 aliphatic rings. The van der Waals surface area contributed by atoms with Crippen molar-refractivity contribution in [3.8, 4) is 11.8 Å². The molecule has 1 amide bonds. The molecule has 0 aromatic carbocycles. The zero-order valence-electron chi connectivity index (χ0n) is 17.6. The van der Waals surface area contributed by atoms with Gasteiger partial charge in [-0.15, -0.1) is 0 Å². The number of carbonyl (C=O) groups excluding carboxylic acids is 1. The first-order valence-electron chi connectivity index (χ1n) is 9.82. The summed E-state index contributed by atoms with van der Waals surface area (Å²) in [4.78, 5) is 17.7. The summed E-state index contributed by atoms with van der Waals surface area (Å²) in [5, 5.41) is 13.9. The van der Waals surface area contributed by atoms with Crippen LogP contribution < -0.4 is 4.74 Å². The van der Waals surface area contributed by atoms with Crippen LogP contribution in [0.25, 0.3) is 0 Å². The third-order valence-corrected chi connectivity index (χ3v) is 4.79. The number of aryl methyl sites for hydroxylation is 1. The maximum atomic E-state index is 14.9.